The van der Waals surface area contributed by atoms with Crippen molar-refractivity contribution in [3.05, 3.63) is 85.2 Å². The van der Waals surface area contributed by atoms with Gasteiger partial charge in [0, 0.05) is 47.0 Å². The maximum atomic E-state index is 6.62. The highest BCUT2D eigenvalue weighted by atomic mass is 16.5. The molecule has 0 N–H and O–H groups in total. The van der Waals surface area contributed by atoms with Gasteiger partial charge in [0.15, 0.2) is 0 Å². The van der Waals surface area contributed by atoms with Crippen LogP contribution in [0.2, 0.25) is 0 Å². The van der Waals surface area contributed by atoms with E-state index in [-0.39, 0.29) is 0 Å². The highest BCUT2D eigenvalue weighted by molar-refractivity contribution is 5.83. The van der Waals surface area contributed by atoms with Gasteiger partial charge in [-0.05, 0) is 149 Å². The summed E-state index contributed by atoms with van der Waals surface area (Å²) in [7, 11) is 0. The predicted molar refractivity (Wildman–Crippen MR) is 189 cm³/mol. The minimum atomic E-state index is 0.337. The average molecular weight is 625 g/mol. The van der Waals surface area contributed by atoms with E-state index in [1.54, 1.807) is 0 Å². The SMILES string of the molecule is C1=CN(C23CC4CC(CC(C4)C2)C3)CN1c1cccc(Oc2cccc(N3CN(C45CC6CC(CC(C6)C4)C5)c4ccccc43)c2)c1. The fraction of sp³-hybridized carbons (Fsp3) is 0.524. The number of ether oxygens (including phenoxy) is 1. The first-order valence-electron chi connectivity index (χ1n) is 18.8. The molecule has 0 aromatic heterocycles. The van der Waals surface area contributed by atoms with Gasteiger partial charge < -0.3 is 24.3 Å². The van der Waals surface area contributed by atoms with Crippen molar-refractivity contribution in [1.29, 1.82) is 0 Å². The van der Waals surface area contributed by atoms with Crippen LogP contribution in [0.1, 0.15) is 77.0 Å². The molecule has 47 heavy (non-hydrogen) atoms. The summed E-state index contributed by atoms with van der Waals surface area (Å²) in [5.74, 6) is 7.50. The van der Waals surface area contributed by atoms with Crippen molar-refractivity contribution in [2.75, 3.05) is 28.0 Å². The summed E-state index contributed by atoms with van der Waals surface area (Å²) < 4.78 is 6.62. The fourth-order valence-corrected chi connectivity index (χ4v) is 13.1. The van der Waals surface area contributed by atoms with Crippen LogP contribution in [0.5, 0.6) is 11.5 Å². The van der Waals surface area contributed by atoms with Gasteiger partial charge in [-0.25, -0.2) is 0 Å². The van der Waals surface area contributed by atoms with Gasteiger partial charge in [0.1, 0.15) is 11.5 Å². The van der Waals surface area contributed by atoms with E-state index in [0.717, 1.165) is 60.3 Å². The van der Waals surface area contributed by atoms with Crippen molar-refractivity contribution >= 4 is 22.7 Å². The highest BCUT2D eigenvalue weighted by Gasteiger charge is 2.56. The largest absolute Gasteiger partial charge is 0.457 e. The zero-order valence-electron chi connectivity index (χ0n) is 27.6. The average Bonchev–Trinajstić information content (AvgIpc) is 3.71. The maximum absolute atomic E-state index is 6.62. The molecule has 242 valence electrons. The lowest BCUT2D eigenvalue weighted by Gasteiger charge is -2.60. The monoisotopic (exact) mass is 624 g/mol. The molecule has 3 aromatic rings. The zero-order valence-corrected chi connectivity index (χ0v) is 27.6. The Morgan fingerprint density at radius 2 is 1.04 bits per heavy atom. The van der Waals surface area contributed by atoms with Gasteiger partial charge in [0.2, 0.25) is 0 Å². The molecule has 2 heterocycles. The molecule has 10 aliphatic rings. The molecule has 0 unspecified atom stereocenters. The quantitative estimate of drug-likeness (QED) is 0.272. The van der Waals surface area contributed by atoms with Gasteiger partial charge in [-0.15, -0.1) is 0 Å². The van der Waals surface area contributed by atoms with Gasteiger partial charge in [0.05, 0.1) is 24.7 Å². The molecule has 8 saturated carbocycles. The Balaban J connectivity index is 0.823. The Bertz CT molecular complexity index is 1680. The van der Waals surface area contributed by atoms with E-state index in [1.807, 2.05) is 0 Å². The first-order valence-corrected chi connectivity index (χ1v) is 18.8. The van der Waals surface area contributed by atoms with Crippen molar-refractivity contribution in [2.45, 2.75) is 88.1 Å². The number of anilines is 4. The number of benzene rings is 3. The Labute approximate surface area is 280 Å². The van der Waals surface area contributed by atoms with Crippen LogP contribution in [0.25, 0.3) is 0 Å². The predicted octanol–water partition coefficient (Wildman–Crippen LogP) is 9.88. The van der Waals surface area contributed by atoms with Crippen molar-refractivity contribution < 1.29 is 4.74 Å². The van der Waals surface area contributed by atoms with E-state index in [1.165, 1.54) is 99.8 Å². The minimum Gasteiger partial charge on any atom is -0.457 e. The minimum absolute atomic E-state index is 0.337. The second kappa shape index (κ2) is 9.96. The molecule has 0 spiro atoms. The molecule has 3 aromatic carbocycles. The topological polar surface area (TPSA) is 22.2 Å². The molecule has 8 aliphatic carbocycles. The van der Waals surface area contributed by atoms with Crippen molar-refractivity contribution in [3.8, 4) is 11.5 Å². The van der Waals surface area contributed by atoms with Crippen molar-refractivity contribution in [1.82, 2.24) is 4.90 Å². The number of fused-ring (bicyclic) bond motifs is 1. The van der Waals surface area contributed by atoms with E-state index < -0.39 is 0 Å². The Morgan fingerprint density at radius 3 is 1.66 bits per heavy atom. The van der Waals surface area contributed by atoms with E-state index in [2.05, 4.69) is 105 Å². The summed E-state index contributed by atoms with van der Waals surface area (Å²) in [5.41, 5.74) is 5.92. The molecule has 0 radical (unpaired) electrons. The van der Waals surface area contributed by atoms with E-state index in [0.29, 0.717) is 11.1 Å². The number of hydrogen-bond donors (Lipinski definition) is 0. The van der Waals surface area contributed by atoms with Gasteiger partial charge in [-0.2, -0.15) is 0 Å². The molecule has 2 aliphatic heterocycles. The maximum Gasteiger partial charge on any atom is 0.129 e. The third-order valence-electron chi connectivity index (χ3n) is 14.2. The van der Waals surface area contributed by atoms with Crippen LogP contribution in [0.3, 0.4) is 0 Å². The summed E-state index contributed by atoms with van der Waals surface area (Å²) in [6.07, 6.45) is 22.0. The van der Waals surface area contributed by atoms with Crippen LogP contribution < -0.4 is 19.4 Å². The van der Waals surface area contributed by atoms with E-state index in [9.17, 15) is 0 Å². The molecule has 5 heteroatoms. The third-order valence-corrected chi connectivity index (χ3v) is 14.2. The van der Waals surface area contributed by atoms with Gasteiger partial charge in [-0.3, -0.25) is 0 Å². The van der Waals surface area contributed by atoms with Crippen LogP contribution in [0.4, 0.5) is 22.7 Å². The van der Waals surface area contributed by atoms with Crippen LogP contribution in [-0.2, 0) is 0 Å². The van der Waals surface area contributed by atoms with Gasteiger partial charge >= 0.3 is 0 Å². The third kappa shape index (κ3) is 4.33. The summed E-state index contributed by atoms with van der Waals surface area (Å²) in [5, 5.41) is 0. The molecule has 13 rings (SSSR count). The Kier molecular flexibility index (Phi) is 5.80. The van der Waals surface area contributed by atoms with E-state index >= 15 is 0 Å². The van der Waals surface area contributed by atoms with Gasteiger partial charge in [-0.1, -0.05) is 24.3 Å². The lowest BCUT2D eigenvalue weighted by atomic mass is 9.52. The van der Waals surface area contributed by atoms with Crippen LogP contribution in [0.15, 0.2) is 85.2 Å². The second-order valence-corrected chi connectivity index (χ2v) is 17.2. The lowest BCUT2D eigenvalue weighted by Crippen LogP contribution is -2.60. The van der Waals surface area contributed by atoms with Crippen LogP contribution in [-0.4, -0.2) is 29.3 Å². The molecule has 8 fully saturated rings. The number of rotatable bonds is 6. The summed E-state index contributed by atoms with van der Waals surface area (Å²) in [6, 6.07) is 26.6. The number of hydrogen-bond acceptors (Lipinski definition) is 5. The number of para-hydroxylation sites is 2. The fourth-order valence-electron chi connectivity index (χ4n) is 13.1. The Hall–Kier alpha value is -3.60. The summed E-state index contributed by atoms with van der Waals surface area (Å²) >= 11 is 0. The number of nitrogens with zero attached hydrogens (tertiary/aromatic N) is 4. The summed E-state index contributed by atoms with van der Waals surface area (Å²) in [4.78, 5) is 10.5. The normalized spacial score (nSPS) is 37.4. The van der Waals surface area contributed by atoms with E-state index in [4.69, 9.17) is 4.74 Å². The molecule has 8 bridgehead atoms. The molecular formula is C42H48N4O. The first kappa shape index (κ1) is 27.4. The zero-order chi connectivity index (χ0) is 30.7. The standard InChI is InChI=1S/C42H48N4O/c1-2-10-40-39(9-1)45(28-46(40)42-24-32-16-33(25-42)18-34(17-32)26-42)36-6-4-8-38(20-36)47-37-7-3-5-35(19-37)43-11-12-44(27-43)41-21-29-13-30(22-41)15-31(14-29)23-41/h1-12,19-20,29-34H,13-18,21-28H2. The lowest BCUT2D eigenvalue weighted by molar-refractivity contribution is -0.0673. The molecule has 5 nitrogen and oxygen atoms in total. The highest BCUT2D eigenvalue weighted by Crippen LogP contribution is 2.61. The van der Waals surface area contributed by atoms with Crippen molar-refractivity contribution in [2.24, 2.45) is 35.5 Å². The molecule has 0 amide bonds. The smallest absolute Gasteiger partial charge is 0.129 e. The molecule has 0 saturated heterocycles. The molecular weight excluding hydrogens is 576 g/mol. The Morgan fingerprint density at radius 1 is 0.511 bits per heavy atom. The van der Waals surface area contributed by atoms with Crippen LogP contribution in [0, 0.1) is 35.5 Å². The first-order chi connectivity index (χ1) is 23.1. The summed E-state index contributed by atoms with van der Waals surface area (Å²) in [6.45, 7) is 1.89. The van der Waals surface area contributed by atoms with Gasteiger partial charge in [0.25, 0.3) is 0 Å². The molecule has 0 atom stereocenters. The van der Waals surface area contributed by atoms with Crippen molar-refractivity contribution in [3.63, 3.8) is 0 Å². The van der Waals surface area contributed by atoms with Crippen LogP contribution >= 0.6 is 0 Å². The second-order valence-electron chi connectivity index (χ2n) is 17.2.